The van der Waals surface area contributed by atoms with Crippen molar-refractivity contribution in [3.8, 4) is 22.8 Å². The van der Waals surface area contributed by atoms with E-state index >= 15 is 0 Å². The molecule has 0 radical (unpaired) electrons. The SMILES string of the molecule is COc1ccc(CC(=O)NNC(=O)c2cc(-c3cccnc3)nc3ccccc23)cc1OC. The molecular weight excluding hydrogens is 420 g/mol. The molecule has 2 amide bonds. The Balaban J connectivity index is 1.51. The van der Waals surface area contributed by atoms with Gasteiger partial charge in [-0.05, 0) is 42.0 Å². The number of hydrogen-bond acceptors (Lipinski definition) is 6. The summed E-state index contributed by atoms with van der Waals surface area (Å²) in [7, 11) is 3.07. The van der Waals surface area contributed by atoms with E-state index in [-0.39, 0.29) is 12.3 Å². The number of fused-ring (bicyclic) bond motifs is 1. The number of benzene rings is 2. The van der Waals surface area contributed by atoms with Crippen molar-refractivity contribution in [2.45, 2.75) is 6.42 Å². The van der Waals surface area contributed by atoms with Crippen LogP contribution in [0.5, 0.6) is 11.5 Å². The summed E-state index contributed by atoms with van der Waals surface area (Å²) in [5.41, 5.74) is 8.16. The van der Waals surface area contributed by atoms with Gasteiger partial charge in [0, 0.05) is 23.3 Å². The molecule has 0 saturated carbocycles. The molecule has 8 heteroatoms. The van der Waals surface area contributed by atoms with Crippen molar-refractivity contribution < 1.29 is 19.1 Å². The van der Waals surface area contributed by atoms with Crippen LogP contribution in [0.1, 0.15) is 15.9 Å². The standard InChI is InChI=1S/C25H22N4O4/c1-32-22-10-9-16(12-23(22)33-2)13-24(30)28-29-25(31)19-14-21(17-6-5-11-26-15-17)27-20-8-4-3-7-18(19)20/h3-12,14-15H,13H2,1-2H3,(H,28,30)(H,29,31). The minimum atomic E-state index is -0.445. The zero-order valence-electron chi connectivity index (χ0n) is 18.2. The highest BCUT2D eigenvalue weighted by Crippen LogP contribution is 2.28. The van der Waals surface area contributed by atoms with Gasteiger partial charge >= 0.3 is 0 Å². The average Bonchev–Trinajstić information content (AvgIpc) is 2.87. The summed E-state index contributed by atoms with van der Waals surface area (Å²) in [6.45, 7) is 0. The summed E-state index contributed by atoms with van der Waals surface area (Å²) in [5.74, 6) is 0.280. The normalized spacial score (nSPS) is 10.5. The summed E-state index contributed by atoms with van der Waals surface area (Å²) < 4.78 is 10.5. The van der Waals surface area contributed by atoms with Crippen molar-refractivity contribution in [1.82, 2.24) is 20.8 Å². The molecule has 33 heavy (non-hydrogen) atoms. The molecule has 0 aliphatic carbocycles. The number of methoxy groups -OCH3 is 2. The van der Waals surface area contributed by atoms with Gasteiger partial charge in [-0.2, -0.15) is 0 Å². The zero-order valence-corrected chi connectivity index (χ0v) is 18.2. The number of pyridine rings is 2. The van der Waals surface area contributed by atoms with Gasteiger partial charge in [0.15, 0.2) is 11.5 Å². The number of carbonyl (C=O) groups is 2. The van der Waals surface area contributed by atoms with E-state index in [9.17, 15) is 9.59 Å². The fourth-order valence-electron chi connectivity index (χ4n) is 3.44. The molecular formula is C25H22N4O4. The molecule has 8 nitrogen and oxygen atoms in total. The van der Waals surface area contributed by atoms with Gasteiger partial charge in [0.05, 0.1) is 37.4 Å². The first-order valence-corrected chi connectivity index (χ1v) is 10.2. The van der Waals surface area contributed by atoms with E-state index in [0.29, 0.717) is 39.2 Å². The summed E-state index contributed by atoms with van der Waals surface area (Å²) >= 11 is 0. The van der Waals surface area contributed by atoms with Gasteiger partial charge in [0.2, 0.25) is 5.91 Å². The molecule has 2 N–H and O–H groups in total. The number of hydrogen-bond donors (Lipinski definition) is 2. The third-order valence-corrected chi connectivity index (χ3v) is 5.05. The number of amides is 2. The quantitative estimate of drug-likeness (QED) is 0.444. The van der Waals surface area contributed by atoms with Crippen LogP contribution in [0.25, 0.3) is 22.2 Å². The Bertz CT molecular complexity index is 1310. The van der Waals surface area contributed by atoms with Crippen LogP contribution in [0.2, 0.25) is 0 Å². The molecule has 4 rings (SSSR count). The van der Waals surface area contributed by atoms with Gasteiger partial charge in [0.1, 0.15) is 0 Å². The second-order valence-corrected chi connectivity index (χ2v) is 7.18. The number of ether oxygens (including phenoxy) is 2. The highest BCUT2D eigenvalue weighted by Gasteiger charge is 2.15. The molecule has 0 saturated heterocycles. The van der Waals surface area contributed by atoms with Crippen LogP contribution < -0.4 is 20.3 Å². The lowest BCUT2D eigenvalue weighted by molar-refractivity contribution is -0.121. The Labute approximate surface area is 190 Å². The molecule has 2 aromatic heterocycles. The number of hydrazine groups is 1. The average molecular weight is 442 g/mol. The maximum absolute atomic E-state index is 13.0. The minimum Gasteiger partial charge on any atom is -0.493 e. The molecule has 0 fully saturated rings. The Morgan fingerprint density at radius 1 is 0.909 bits per heavy atom. The molecule has 0 bridgehead atoms. The Morgan fingerprint density at radius 2 is 1.73 bits per heavy atom. The number of rotatable bonds is 6. The first-order chi connectivity index (χ1) is 16.1. The van der Waals surface area contributed by atoms with Crippen LogP contribution in [-0.4, -0.2) is 36.0 Å². The van der Waals surface area contributed by atoms with E-state index in [1.165, 1.54) is 7.11 Å². The smallest absolute Gasteiger partial charge is 0.270 e. The van der Waals surface area contributed by atoms with E-state index < -0.39 is 5.91 Å². The van der Waals surface area contributed by atoms with Crippen LogP contribution in [0.4, 0.5) is 0 Å². The van der Waals surface area contributed by atoms with Gasteiger partial charge < -0.3 is 9.47 Å². The van der Waals surface area contributed by atoms with Gasteiger partial charge in [-0.3, -0.25) is 25.4 Å². The van der Waals surface area contributed by atoms with Crippen molar-refractivity contribution >= 4 is 22.7 Å². The van der Waals surface area contributed by atoms with Gasteiger partial charge in [-0.15, -0.1) is 0 Å². The van der Waals surface area contributed by atoms with Crippen LogP contribution in [0.15, 0.2) is 73.1 Å². The van der Waals surface area contributed by atoms with E-state index in [4.69, 9.17) is 9.47 Å². The van der Waals surface area contributed by atoms with Crippen molar-refractivity contribution in [3.05, 3.63) is 84.2 Å². The molecule has 0 spiro atoms. The summed E-state index contributed by atoms with van der Waals surface area (Å²) in [5, 5.41) is 0.678. The largest absolute Gasteiger partial charge is 0.493 e. The number of carbonyl (C=O) groups excluding carboxylic acids is 2. The molecule has 0 atom stereocenters. The number of nitrogens with zero attached hydrogens (tertiary/aromatic N) is 2. The van der Waals surface area contributed by atoms with E-state index in [1.54, 1.807) is 49.8 Å². The Hall–Kier alpha value is -4.46. The molecule has 0 unspecified atom stereocenters. The highest BCUT2D eigenvalue weighted by atomic mass is 16.5. The first kappa shape index (κ1) is 21.8. The number of para-hydroxylation sites is 1. The predicted molar refractivity (Wildman–Crippen MR) is 124 cm³/mol. The second-order valence-electron chi connectivity index (χ2n) is 7.18. The molecule has 2 aromatic carbocycles. The Morgan fingerprint density at radius 3 is 2.48 bits per heavy atom. The van der Waals surface area contributed by atoms with Gasteiger partial charge in [-0.25, -0.2) is 4.98 Å². The Kier molecular flexibility index (Phi) is 6.45. The maximum Gasteiger partial charge on any atom is 0.270 e. The van der Waals surface area contributed by atoms with Crippen LogP contribution in [0.3, 0.4) is 0 Å². The zero-order chi connectivity index (χ0) is 23.2. The maximum atomic E-state index is 13.0. The fraction of sp³-hybridized carbons (Fsp3) is 0.120. The summed E-state index contributed by atoms with van der Waals surface area (Å²) in [6.07, 6.45) is 3.41. The van der Waals surface area contributed by atoms with Crippen molar-refractivity contribution in [2.75, 3.05) is 14.2 Å². The first-order valence-electron chi connectivity index (χ1n) is 10.2. The van der Waals surface area contributed by atoms with Gasteiger partial charge in [-0.1, -0.05) is 24.3 Å². The molecule has 4 aromatic rings. The molecule has 0 aliphatic rings. The number of nitrogens with one attached hydrogen (secondary N) is 2. The topological polar surface area (TPSA) is 102 Å². The predicted octanol–water partition coefficient (Wildman–Crippen LogP) is 3.32. The number of aromatic nitrogens is 2. The lowest BCUT2D eigenvalue weighted by Crippen LogP contribution is -2.42. The van der Waals surface area contributed by atoms with Crippen LogP contribution >= 0.6 is 0 Å². The van der Waals surface area contributed by atoms with E-state index in [0.717, 1.165) is 5.56 Å². The monoisotopic (exact) mass is 442 g/mol. The third kappa shape index (κ3) is 4.90. The van der Waals surface area contributed by atoms with Crippen LogP contribution in [-0.2, 0) is 11.2 Å². The molecule has 2 heterocycles. The lowest BCUT2D eigenvalue weighted by atomic mass is 10.0. The second kappa shape index (κ2) is 9.78. The molecule has 0 aliphatic heterocycles. The lowest BCUT2D eigenvalue weighted by Gasteiger charge is -2.12. The van der Waals surface area contributed by atoms with Crippen molar-refractivity contribution in [3.63, 3.8) is 0 Å². The minimum absolute atomic E-state index is 0.0542. The molecule has 166 valence electrons. The summed E-state index contributed by atoms with van der Waals surface area (Å²) in [6, 6.07) is 17.9. The van der Waals surface area contributed by atoms with E-state index in [2.05, 4.69) is 20.8 Å². The van der Waals surface area contributed by atoms with Gasteiger partial charge in [0.25, 0.3) is 5.91 Å². The third-order valence-electron chi connectivity index (χ3n) is 5.05. The van der Waals surface area contributed by atoms with E-state index in [1.807, 2.05) is 30.3 Å². The van der Waals surface area contributed by atoms with Crippen LogP contribution in [0, 0.1) is 0 Å². The van der Waals surface area contributed by atoms with Crippen molar-refractivity contribution in [1.29, 1.82) is 0 Å². The fourth-order valence-corrected chi connectivity index (χ4v) is 3.44. The summed E-state index contributed by atoms with van der Waals surface area (Å²) in [4.78, 5) is 34.2. The van der Waals surface area contributed by atoms with Crippen molar-refractivity contribution in [2.24, 2.45) is 0 Å². The highest BCUT2D eigenvalue weighted by molar-refractivity contribution is 6.07.